The van der Waals surface area contributed by atoms with Gasteiger partial charge in [0.05, 0.1) is 6.42 Å². The monoisotopic (exact) mass is 262 g/mol. The molecule has 0 bridgehead atoms. The van der Waals surface area contributed by atoms with Gasteiger partial charge < -0.3 is 10.0 Å². The van der Waals surface area contributed by atoms with Crippen LogP contribution in [-0.2, 0) is 11.2 Å². The molecule has 19 heavy (non-hydrogen) atoms. The summed E-state index contributed by atoms with van der Waals surface area (Å²) in [7, 11) is 0. The third kappa shape index (κ3) is 3.70. The highest BCUT2D eigenvalue weighted by Gasteiger charge is 2.21. The van der Waals surface area contributed by atoms with Crippen molar-refractivity contribution in [2.75, 3.05) is 32.7 Å². The van der Waals surface area contributed by atoms with E-state index >= 15 is 0 Å². The lowest BCUT2D eigenvalue weighted by molar-refractivity contribution is -0.132. The summed E-state index contributed by atoms with van der Waals surface area (Å²) in [4.78, 5) is 16.5. The number of hydrogen-bond acceptors (Lipinski definition) is 3. The molecule has 0 saturated carbocycles. The van der Waals surface area contributed by atoms with Gasteiger partial charge in [-0.3, -0.25) is 9.69 Å². The molecule has 4 nitrogen and oxygen atoms in total. The number of phenolic OH excluding ortho intramolecular Hbond substituents is 1. The quantitative estimate of drug-likeness (QED) is 0.894. The minimum Gasteiger partial charge on any atom is -0.508 e. The van der Waals surface area contributed by atoms with Gasteiger partial charge in [0.15, 0.2) is 0 Å². The number of aromatic hydroxyl groups is 1. The van der Waals surface area contributed by atoms with E-state index in [1.807, 2.05) is 11.0 Å². The Bertz CT molecular complexity index is 426. The molecule has 0 radical (unpaired) electrons. The fourth-order valence-corrected chi connectivity index (χ4v) is 2.47. The van der Waals surface area contributed by atoms with Gasteiger partial charge in [-0.2, -0.15) is 0 Å². The number of benzene rings is 1. The van der Waals surface area contributed by atoms with Gasteiger partial charge in [-0.1, -0.05) is 25.1 Å². The highest BCUT2D eigenvalue weighted by molar-refractivity contribution is 5.79. The van der Waals surface area contributed by atoms with Gasteiger partial charge >= 0.3 is 0 Å². The lowest BCUT2D eigenvalue weighted by Gasteiger charge is -2.34. The molecule has 0 aliphatic carbocycles. The lowest BCUT2D eigenvalue weighted by Crippen LogP contribution is -2.49. The van der Waals surface area contributed by atoms with Crippen molar-refractivity contribution in [3.05, 3.63) is 29.8 Å². The normalized spacial score (nSPS) is 16.6. The third-order valence-corrected chi connectivity index (χ3v) is 3.60. The second-order valence-corrected chi connectivity index (χ2v) is 5.03. The molecule has 0 spiro atoms. The summed E-state index contributed by atoms with van der Waals surface area (Å²) in [5.41, 5.74) is 0.712. The van der Waals surface area contributed by atoms with E-state index in [0.717, 1.165) is 39.1 Å². The predicted octanol–water partition coefficient (Wildman–Crippen LogP) is 1.49. The Balaban J connectivity index is 1.87. The number of carbonyl (C=O) groups excluding carboxylic acids is 1. The van der Waals surface area contributed by atoms with Crippen molar-refractivity contribution >= 4 is 5.91 Å². The molecule has 104 valence electrons. The summed E-state index contributed by atoms with van der Waals surface area (Å²) in [6, 6.07) is 7.05. The third-order valence-electron chi connectivity index (χ3n) is 3.60. The number of phenols is 1. The van der Waals surface area contributed by atoms with Crippen molar-refractivity contribution in [3.8, 4) is 5.75 Å². The Morgan fingerprint density at radius 2 is 1.89 bits per heavy atom. The first-order valence-corrected chi connectivity index (χ1v) is 6.97. The van der Waals surface area contributed by atoms with E-state index in [1.54, 1.807) is 18.2 Å². The molecule has 1 aliphatic heterocycles. The summed E-state index contributed by atoms with van der Waals surface area (Å²) < 4.78 is 0. The molecule has 1 N–H and O–H groups in total. The fraction of sp³-hybridized carbons (Fsp3) is 0.533. The smallest absolute Gasteiger partial charge is 0.227 e. The zero-order chi connectivity index (χ0) is 13.7. The molecule has 2 rings (SSSR count). The molecule has 1 aromatic carbocycles. The van der Waals surface area contributed by atoms with Crippen LogP contribution in [0.3, 0.4) is 0 Å². The van der Waals surface area contributed by atoms with Crippen LogP contribution >= 0.6 is 0 Å². The molecule has 4 heteroatoms. The van der Waals surface area contributed by atoms with Gasteiger partial charge in [-0.15, -0.1) is 0 Å². The molecule has 1 fully saturated rings. The second kappa shape index (κ2) is 6.57. The summed E-state index contributed by atoms with van der Waals surface area (Å²) >= 11 is 0. The van der Waals surface area contributed by atoms with Crippen LogP contribution < -0.4 is 0 Å². The Labute approximate surface area is 114 Å². The number of carbonyl (C=O) groups is 1. The minimum absolute atomic E-state index is 0.109. The van der Waals surface area contributed by atoms with Crippen LogP contribution in [0.25, 0.3) is 0 Å². The Hall–Kier alpha value is -1.55. The number of para-hydroxylation sites is 1. The molecule has 1 heterocycles. The highest BCUT2D eigenvalue weighted by atomic mass is 16.3. The number of nitrogens with zero attached hydrogens (tertiary/aromatic N) is 2. The van der Waals surface area contributed by atoms with E-state index in [1.165, 1.54) is 0 Å². The maximum absolute atomic E-state index is 12.2. The minimum atomic E-state index is 0.109. The van der Waals surface area contributed by atoms with Crippen LogP contribution in [0.1, 0.15) is 18.9 Å². The summed E-state index contributed by atoms with van der Waals surface area (Å²) in [5, 5.41) is 9.69. The standard InChI is InChI=1S/C15H22N2O2/c1-2-7-16-8-10-17(11-9-16)15(19)12-13-5-3-4-6-14(13)18/h3-6,18H,2,7-12H2,1H3. The second-order valence-electron chi connectivity index (χ2n) is 5.03. The number of piperazine rings is 1. The maximum Gasteiger partial charge on any atom is 0.227 e. The summed E-state index contributed by atoms with van der Waals surface area (Å²) in [6.45, 7) is 6.80. The first-order chi connectivity index (χ1) is 9.20. The van der Waals surface area contributed by atoms with E-state index < -0.39 is 0 Å². The van der Waals surface area contributed by atoms with E-state index in [0.29, 0.717) is 12.0 Å². The Morgan fingerprint density at radius 1 is 1.21 bits per heavy atom. The molecule has 0 aromatic heterocycles. The molecule has 0 unspecified atom stereocenters. The van der Waals surface area contributed by atoms with E-state index in [2.05, 4.69) is 11.8 Å². The first kappa shape index (κ1) is 13.9. The topological polar surface area (TPSA) is 43.8 Å². The summed E-state index contributed by atoms with van der Waals surface area (Å²) in [5.74, 6) is 0.318. The Morgan fingerprint density at radius 3 is 2.53 bits per heavy atom. The van der Waals surface area contributed by atoms with Gasteiger partial charge in [0, 0.05) is 31.7 Å². The largest absolute Gasteiger partial charge is 0.508 e. The van der Waals surface area contributed by atoms with Gasteiger partial charge in [0.1, 0.15) is 5.75 Å². The van der Waals surface area contributed by atoms with Crippen LogP contribution in [0, 0.1) is 0 Å². The molecule has 0 atom stereocenters. The van der Waals surface area contributed by atoms with E-state index in [9.17, 15) is 9.90 Å². The highest BCUT2D eigenvalue weighted by Crippen LogP contribution is 2.17. The molecular weight excluding hydrogens is 240 g/mol. The van der Waals surface area contributed by atoms with Crippen molar-refractivity contribution in [2.45, 2.75) is 19.8 Å². The molecule has 1 aromatic rings. The van der Waals surface area contributed by atoms with Gasteiger partial charge in [0.25, 0.3) is 0 Å². The first-order valence-electron chi connectivity index (χ1n) is 6.97. The van der Waals surface area contributed by atoms with Crippen LogP contribution in [0.5, 0.6) is 5.75 Å². The van der Waals surface area contributed by atoms with Crippen LogP contribution in [0.4, 0.5) is 0 Å². The lowest BCUT2D eigenvalue weighted by atomic mass is 10.1. The average molecular weight is 262 g/mol. The molecular formula is C15H22N2O2. The molecule has 1 amide bonds. The Kier molecular flexibility index (Phi) is 4.80. The van der Waals surface area contributed by atoms with Crippen molar-refractivity contribution in [1.82, 2.24) is 9.80 Å². The van der Waals surface area contributed by atoms with E-state index in [4.69, 9.17) is 0 Å². The van der Waals surface area contributed by atoms with Crippen LogP contribution in [0.15, 0.2) is 24.3 Å². The number of rotatable bonds is 4. The molecule has 1 saturated heterocycles. The zero-order valence-corrected chi connectivity index (χ0v) is 11.5. The van der Waals surface area contributed by atoms with Crippen LogP contribution in [0.2, 0.25) is 0 Å². The van der Waals surface area contributed by atoms with Gasteiger partial charge in [0.2, 0.25) is 5.91 Å². The zero-order valence-electron chi connectivity index (χ0n) is 11.5. The van der Waals surface area contributed by atoms with Crippen LogP contribution in [-0.4, -0.2) is 53.5 Å². The van der Waals surface area contributed by atoms with Crippen molar-refractivity contribution in [3.63, 3.8) is 0 Å². The van der Waals surface area contributed by atoms with Gasteiger partial charge in [-0.25, -0.2) is 0 Å². The molecule has 1 aliphatic rings. The predicted molar refractivity (Wildman–Crippen MR) is 75.1 cm³/mol. The van der Waals surface area contributed by atoms with E-state index in [-0.39, 0.29) is 11.7 Å². The maximum atomic E-state index is 12.2. The SMILES string of the molecule is CCCN1CCN(C(=O)Cc2ccccc2O)CC1. The fourth-order valence-electron chi connectivity index (χ4n) is 2.47. The summed E-state index contributed by atoms with van der Waals surface area (Å²) in [6.07, 6.45) is 1.45. The average Bonchev–Trinajstić information content (AvgIpc) is 2.42. The van der Waals surface area contributed by atoms with Gasteiger partial charge in [-0.05, 0) is 19.0 Å². The van der Waals surface area contributed by atoms with Crippen molar-refractivity contribution in [1.29, 1.82) is 0 Å². The van der Waals surface area contributed by atoms with Crippen molar-refractivity contribution in [2.24, 2.45) is 0 Å². The number of amides is 1. The van der Waals surface area contributed by atoms with Crippen molar-refractivity contribution < 1.29 is 9.90 Å². The number of hydrogen-bond donors (Lipinski definition) is 1.